The Morgan fingerprint density at radius 2 is 1.95 bits per heavy atom. The van der Waals surface area contributed by atoms with E-state index in [1.54, 1.807) is 6.92 Å². The molecule has 0 aliphatic carbocycles. The van der Waals surface area contributed by atoms with Crippen molar-refractivity contribution in [3.05, 3.63) is 39.6 Å². The second-order valence-electron chi connectivity index (χ2n) is 4.00. The van der Waals surface area contributed by atoms with Gasteiger partial charge in [-0.2, -0.15) is 0 Å². The number of aryl methyl sites for hydroxylation is 1. The number of anilines is 1. The Morgan fingerprint density at radius 3 is 2.48 bits per heavy atom. The van der Waals surface area contributed by atoms with Crippen LogP contribution in [0.4, 0.5) is 5.82 Å². The molecule has 1 heterocycles. The number of rotatable bonds is 4. The highest BCUT2D eigenvalue weighted by Crippen LogP contribution is 2.29. The van der Waals surface area contributed by atoms with E-state index >= 15 is 0 Å². The molecule has 0 fully saturated rings. The Labute approximate surface area is 129 Å². The van der Waals surface area contributed by atoms with Gasteiger partial charge in [0.05, 0.1) is 15.6 Å². The molecule has 1 aromatic heterocycles. The molecule has 0 aliphatic rings. The maximum atomic E-state index is 12.2. The summed E-state index contributed by atoms with van der Waals surface area (Å²) in [5.74, 6) is -1.01. The second-order valence-corrected chi connectivity index (χ2v) is 6.46. The predicted molar refractivity (Wildman–Crippen MR) is 75.5 cm³/mol. The molecular weight excluding hydrogens is 343 g/mol. The Morgan fingerprint density at radius 1 is 1.29 bits per heavy atom. The van der Waals surface area contributed by atoms with Gasteiger partial charge in [-0.1, -0.05) is 28.4 Å². The molecule has 2 aromatic rings. The average molecular weight is 351 g/mol. The van der Waals surface area contributed by atoms with Crippen molar-refractivity contribution in [2.75, 3.05) is 4.72 Å². The van der Waals surface area contributed by atoms with Gasteiger partial charge in [-0.3, -0.25) is 4.72 Å². The molecule has 0 radical (unpaired) electrons. The fourth-order valence-corrected chi connectivity index (χ4v) is 3.34. The van der Waals surface area contributed by atoms with Crippen molar-refractivity contribution in [1.82, 2.24) is 5.16 Å². The zero-order chi connectivity index (χ0) is 15.8. The fraction of sp³-hybridized carbons (Fsp3) is 0.0909. The van der Waals surface area contributed by atoms with Gasteiger partial charge >= 0.3 is 5.97 Å². The van der Waals surface area contributed by atoms with Crippen molar-refractivity contribution in [3.63, 3.8) is 0 Å². The maximum Gasteiger partial charge on any atom is 0.337 e. The van der Waals surface area contributed by atoms with Crippen LogP contribution >= 0.6 is 23.2 Å². The number of halogens is 2. The van der Waals surface area contributed by atoms with Gasteiger partial charge in [0.2, 0.25) is 0 Å². The van der Waals surface area contributed by atoms with Crippen LogP contribution in [0.3, 0.4) is 0 Å². The zero-order valence-electron chi connectivity index (χ0n) is 10.4. The molecule has 0 aliphatic heterocycles. The molecule has 0 saturated carbocycles. The topological polar surface area (TPSA) is 110 Å². The van der Waals surface area contributed by atoms with Crippen molar-refractivity contribution in [2.24, 2.45) is 0 Å². The van der Waals surface area contributed by atoms with Crippen molar-refractivity contribution in [2.45, 2.75) is 11.8 Å². The van der Waals surface area contributed by atoms with Crippen molar-refractivity contribution >= 4 is 45.0 Å². The summed E-state index contributed by atoms with van der Waals surface area (Å²) in [5.41, 5.74) is -0.377. The Bertz CT molecular complexity index is 816. The van der Waals surface area contributed by atoms with Crippen LogP contribution in [0.15, 0.2) is 27.6 Å². The Balaban J connectivity index is 2.49. The molecule has 10 heteroatoms. The first-order chi connectivity index (χ1) is 9.70. The van der Waals surface area contributed by atoms with Gasteiger partial charge in [0.15, 0.2) is 5.82 Å². The molecule has 0 spiro atoms. The molecule has 0 unspecified atom stereocenters. The minimum atomic E-state index is -4.13. The predicted octanol–water partition coefficient (Wildman–Crippen LogP) is 2.79. The van der Waals surface area contributed by atoms with Crippen LogP contribution in [0.1, 0.15) is 16.1 Å². The van der Waals surface area contributed by atoms with E-state index in [0.29, 0.717) is 5.76 Å². The molecule has 7 nitrogen and oxygen atoms in total. The van der Waals surface area contributed by atoms with Crippen LogP contribution in [0.2, 0.25) is 10.0 Å². The molecule has 112 valence electrons. The number of hydrogen-bond donors (Lipinski definition) is 2. The van der Waals surface area contributed by atoms with E-state index in [1.807, 2.05) is 0 Å². The lowest BCUT2D eigenvalue weighted by Gasteiger charge is -2.09. The van der Waals surface area contributed by atoms with E-state index in [4.69, 9.17) is 32.8 Å². The number of benzene rings is 1. The number of carboxylic acid groups (broad SMARTS) is 1. The van der Waals surface area contributed by atoms with Crippen molar-refractivity contribution in [1.29, 1.82) is 0 Å². The minimum Gasteiger partial charge on any atom is -0.478 e. The number of aromatic nitrogens is 1. The normalized spacial score (nSPS) is 11.4. The maximum absolute atomic E-state index is 12.2. The first-order valence-corrected chi connectivity index (χ1v) is 7.63. The van der Waals surface area contributed by atoms with Gasteiger partial charge in [0.1, 0.15) is 10.7 Å². The summed E-state index contributed by atoms with van der Waals surface area (Å²) in [6.45, 7) is 1.59. The van der Waals surface area contributed by atoms with Crippen LogP contribution in [-0.4, -0.2) is 24.7 Å². The highest BCUT2D eigenvalue weighted by molar-refractivity contribution is 7.92. The second kappa shape index (κ2) is 5.55. The Kier molecular flexibility index (Phi) is 4.13. The van der Waals surface area contributed by atoms with Crippen LogP contribution in [-0.2, 0) is 10.0 Å². The lowest BCUT2D eigenvalue weighted by atomic mass is 10.2. The van der Waals surface area contributed by atoms with E-state index < -0.39 is 20.9 Å². The van der Waals surface area contributed by atoms with E-state index in [2.05, 4.69) is 9.88 Å². The first kappa shape index (κ1) is 15.6. The standard InChI is InChI=1S/C11H8Cl2N2O5S/c1-5-2-10(14-20-5)15-21(18,19)9-3-6(11(16)17)7(12)4-8(9)13/h2-4H,1H3,(H,14,15)(H,16,17). The number of nitrogens with one attached hydrogen (secondary N) is 1. The molecule has 0 saturated heterocycles. The number of carboxylic acids is 1. The molecular formula is C11H8Cl2N2O5S. The zero-order valence-corrected chi connectivity index (χ0v) is 12.8. The molecule has 2 rings (SSSR count). The van der Waals surface area contributed by atoms with E-state index in [-0.39, 0.29) is 21.4 Å². The monoisotopic (exact) mass is 350 g/mol. The van der Waals surface area contributed by atoms with Gasteiger partial charge in [0.25, 0.3) is 10.0 Å². The highest BCUT2D eigenvalue weighted by Gasteiger charge is 2.23. The number of nitrogens with zero attached hydrogens (tertiary/aromatic N) is 1. The van der Waals surface area contributed by atoms with Gasteiger partial charge in [-0.15, -0.1) is 0 Å². The van der Waals surface area contributed by atoms with Crippen LogP contribution in [0.5, 0.6) is 0 Å². The minimum absolute atomic E-state index is 0.0459. The highest BCUT2D eigenvalue weighted by atomic mass is 35.5. The van der Waals surface area contributed by atoms with Gasteiger partial charge < -0.3 is 9.63 Å². The van der Waals surface area contributed by atoms with Gasteiger partial charge in [0, 0.05) is 6.07 Å². The number of aromatic carboxylic acids is 1. The van der Waals surface area contributed by atoms with Crippen LogP contribution < -0.4 is 4.72 Å². The summed E-state index contributed by atoms with van der Waals surface area (Å²) in [7, 11) is -4.13. The molecule has 0 atom stereocenters. The van der Waals surface area contributed by atoms with Crippen LogP contribution in [0, 0.1) is 6.92 Å². The molecule has 1 aromatic carbocycles. The van der Waals surface area contributed by atoms with Crippen molar-refractivity contribution in [3.8, 4) is 0 Å². The summed E-state index contributed by atoms with van der Waals surface area (Å²) in [4.78, 5) is 10.6. The summed E-state index contributed by atoms with van der Waals surface area (Å²) in [5, 5.41) is 12.1. The molecule has 21 heavy (non-hydrogen) atoms. The number of sulfonamides is 1. The summed E-state index contributed by atoms with van der Waals surface area (Å²) in [6.07, 6.45) is 0. The summed E-state index contributed by atoms with van der Waals surface area (Å²) >= 11 is 11.5. The smallest absolute Gasteiger partial charge is 0.337 e. The lowest BCUT2D eigenvalue weighted by Crippen LogP contribution is -2.15. The first-order valence-electron chi connectivity index (χ1n) is 5.39. The lowest BCUT2D eigenvalue weighted by molar-refractivity contribution is 0.0697. The summed E-state index contributed by atoms with van der Waals surface area (Å²) in [6, 6.07) is 3.29. The Hall–Kier alpha value is -1.77. The third kappa shape index (κ3) is 3.29. The summed E-state index contributed by atoms with van der Waals surface area (Å²) < 4.78 is 31.3. The third-order valence-corrected chi connectivity index (χ3v) is 4.54. The van der Waals surface area contributed by atoms with E-state index in [9.17, 15) is 13.2 Å². The van der Waals surface area contributed by atoms with E-state index in [1.165, 1.54) is 6.07 Å². The quantitative estimate of drug-likeness (QED) is 0.877. The number of hydrogen-bond acceptors (Lipinski definition) is 5. The third-order valence-electron chi connectivity index (χ3n) is 2.41. The largest absolute Gasteiger partial charge is 0.478 e. The SMILES string of the molecule is Cc1cc(NS(=O)(=O)c2cc(C(=O)O)c(Cl)cc2Cl)no1. The van der Waals surface area contributed by atoms with Crippen molar-refractivity contribution < 1.29 is 22.8 Å². The van der Waals surface area contributed by atoms with E-state index in [0.717, 1.165) is 12.1 Å². The molecule has 2 N–H and O–H groups in total. The van der Waals surface area contributed by atoms with Gasteiger partial charge in [-0.05, 0) is 19.1 Å². The fourth-order valence-electron chi connectivity index (χ4n) is 1.51. The van der Waals surface area contributed by atoms with Gasteiger partial charge in [-0.25, -0.2) is 13.2 Å². The number of carbonyl (C=O) groups is 1. The molecule has 0 bridgehead atoms. The van der Waals surface area contributed by atoms with Crippen LogP contribution in [0.25, 0.3) is 0 Å². The molecule has 0 amide bonds. The average Bonchev–Trinajstić information content (AvgIpc) is 2.72.